The summed E-state index contributed by atoms with van der Waals surface area (Å²) in [5.74, 6) is 2.98. The molecule has 0 saturated heterocycles. The van der Waals surface area contributed by atoms with E-state index in [4.69, 9.17) is 33.2 Å². The quantitative estimate of drug-likeness (QED) is 0.628. The third kappa shape index (κ3) is 3.61. The molecule has 0 N–H and O–H groups in total. The van der Waals surface area contributed by atoms with E-state index < -0.39 is 5.79 Å². The fourth-order valence-corrected chi connectivity index (χ4v) is 4.37. The summed E-state index contributed by atoms with van der Waals surface area (Å²) in [7, 11) is 4.84. The Kier molecular flexibility index (Phi) is 5.79. The molecular formula is C24H30O7. The number of benzene rings is 2. The van der Waals surface area contributed by atoms with E-state index in [0.717, 1.165) is 23.3 Å². The van der Waals surface area contributed by atoms with Crippen LogP contribution in [0.3, 0.4) is 0 Å². The predicted molar refractivity (Wildman–Crippen MR) is 115 cm³/mol. The average Bonchev–Trinajstić information content (AvgIpc) is 3.23. The predicted octanol–water partition coefficient (Wildman–Crippen LogP) is 4.74. The van der Waals surface area contributed by atoms with Gasteiger partial charge in [0.2, 0.25) is 18.3 Å². The van der Waals surface area contributed by atoms with Crippen LogP contribution >= 0.6 is 0 Å². The lowest BCUT2D eigenvalue weighted by Crippen LogP contribution is -2.48. The highest BCUT2D eigenvalue weighted by molar-refractivity contribution is 5.60. The molecule has 0 aromatic heterocycles. The molecule has 0 aliphatic carbocycles. The van der Waals surface area contributed by atoms with Gasteiger partial charge in [-0.05, 0) is 30.2 Å². The topological polar surface area (TPSA) is 64.6 Å². The Balaban J connectivity index is 1.89. The van der Waals surface area contributed by atoms with Gasteiger partial charge in [-0.1, -0.05) is 13.8 Å². The molecule has 0 spiro atoms. The van der Waals surface area contributed by atoms with Gasteiger partial charge in [0.1, 0.15) is 5.75 Å². The van der Waals surface area contributed by atoms with Gasteiger partial charge >= 0.3 is 0 Å². The van der Waals surface area contributed by atoms with Gasteiger partial charge in [-0.15, -0.1) is 0 Å². The van der Waals surface area contributed by atoms with E-state index in [0.29, 0.717) is 35.4 Å². The maximum Gasteiger partial charge on any atom is 0.231 e. The van der Waals surface area contributed by atoms with Gasteiger partial charge in [-0.25, -0.2) is 0 Å². The lowest BCUT2D eigenvalue weighted by Gasteiger charge is -2.45. The van der Waals surface area contributed by atoms with Crippen LogP contribution in [-0.4, -0.2) is 40.5 Å². The van der Waals surface area contributed by atoms with Gasteiger partial charge in [0.05, 0.1) is 27.9 Å². The van der Waals surface area contributed by atoms with Gasteiger partial charge in [-0.3, -0.25) is 0 Å². The molecule has 7 heteroatoms. The first-order chi connectivity index (χ1) is 15.0. The smallest absolute Gasteiger partial charge is 0.231 e. The van der Waals surface area contributed by atoms with Gasteiger partial charge in [0.15, 0.2) is 23.0 Å². The number of hydrogen-bond donors (Lipinski definition) is 0. The number of hydrogen-bond acceptors (Lipinski definition) is 7. The second-order valence-corrected chi connectivity index (χ2v) is 7.93. The summed E-state index contributed by atoms with van der Waals surface area (Å²) in [4.78, 5) is 0. The number of fused-ring (bicyclic) bond motifs is 2. The molecule has 7 nitrogen and oxygen atoms in total. The van der Waals surface area contributed by atoms with Crippen molar-refractivity contribution in [3.63, 3.8) is 0 Å². The van der Waals surface area contributed by atoms with Gasteiger partial charge in [0.25, 0.3) is 0 Å². The molecule has 168 valence electrons. The maximum atomic E-state index is 6.42. The normalized spacial score (nSPS) is 23.7. The second kappa shape index (κ2) is 8.38. The molecule has 0 saturated carbocycles. The molecular weight excluding hydrogens is 400 g/mol. The van der Waals surface area contributed by atoms with E-state index >= 15 is 0 Å². The van der Waals surface area contributed by atoms with E-state index in [1.54, 1.807) is 21.3 Å². The Hall–Kier alpha value is -2.80. The lowest BCUT2D eigenvalue weighted by molar-refractivity contribution is -0.211. The van der Waals surface area contributed by atoms with E-state index in [1.807, 2.05) is 31.2 Å². The standard InChI is InChI=1S/C24H30O7/c1-7-8-30-24(3)14(2)22(15-9-20(25-4)23(27-6)21(10-15)26-5)16-11-18-19(29-13-28-18)12-17(16)31-24/h9-12,14,22H,7-8,13H2,1-6H3/t14-,22+,24-/m0/s1. The fraction of sp³-hybridized carbons (Fsp3) is 0.500. The summed E-state index contributed by atoms with van der Waals surface area (Å²) in [6.07, 6.45) is 0.897. The summed E-state index contributed by atoms with van der Waals surface area (Å²) < 4.78 is 40.6. The van der Waals surface area contributed by atoms with Crippen LogP contribution in [0.25, 0.3) is 0 Å². The van der Waals surface area contributed by atoms with Gasteiger partial charge < -0.3 is 33.2 Å². The van der Waals surface area contributed by atoms with Crippen LogP contribution in [0.4, 0.5) is 0 Å². The zero-order valence-electron chi connectivity index (χ0n) is 18.9. The van der Waals surface area contributed by atoms with Crippen LogP contribution < -0.4 is 28.4 Å². The fourth-order valence-electron chi connectivity index (χ4n) is 4.37. The lowest BCUT2D eigenvalue weighted by atomic mass is 9.75. The van der Waals surface area contributed by atoms with Crippen LogP contribution in [0.1, 0.15) is 44.2 Å². The highest BCUT2D eigenvalue weighted by Crippen LogP contribution is 2.54. The number of methoxy groups -OCH3 is 3. The highest BCUT2D eigenvalue weighted by Gasteiger charge is 2.47. The average molecular weight is 430 g/mol. The molecule has 2 aromatic carbocycles. The van der Waals surface area contributed by atoms with E-state index in [2.05, 4.69) is 13.8 Å². The molecule has 2 aromatic rings. The zero-order chi connectivity index (χ0) is 22.2. The second-order valence-electron chi connectivity index (χ2n) is 7.93. The van der Waals surface area contributed by atoms with E-state index in [9.17, 15) is 0 Å². The third-order valence-corrected chi connectivity index (χ3v) is 6.12. The van der Waals surface area contributed by atoms with E-state index in [-0.39, 0.29) is 18.6 Å². The first-order valence-electron chi connectivity index (χ1n) is 10.5. The first kappa shape index (κ1) is 21.4. The molecule has 4 rings (SSSR count). The Bertz CT molecular complexity index is 932. The van der Waals surface area contributed by atoms with Crippen LogP contribution in [0, 0.1) is 5.92 Å². The molecule has 0 unspecified atom stereocenters. The largest absolute Gasteiger partial charge is 0.493 e. The molecule has 3 atom stereocenters. The summed E-state index contributed by atoms with van der Waals surface area (Å²) in [6, 6.07) is 7.87. The Morgan fingerprint density at radius 1 is 0.935 bits per heavy atom. The number of ether oxygens (including phenoxy) is 7. The van der Waals surface area contributed by atoms with Crippen LogP contribution in [0.2, 0.25) is 0 Å². The van der Waals surface area contributed by atoms with Crippen molar-refractivity contribution in [2.45, 2.75) is 38.9 Å². The first-order valence-corrected chi connectivity index (χ1v) is 10.5. The minimum Gasteiger partial charge on any atom is -0.493 e. The van der Waals surface area contributed by atoms with E-state index in [1.165, 1.54) is 0 Å². The minimum absolute atomic E-state index is 0.0188. The molecule has 0 bridgehead atoms. The molecule has 0 radical (unpaired) electrons. The monoisotopic (exact) mass is 430 g/mol. The van der Waals surface area contributed by atoms with Crippen molar-refractivity contribution >= 4 is 0 Å². The van der Waals surface area contributed by atoms with Crippen LogP contribution in [0.15, 0.2) is 24.3 Å². The van der Waals surface area contributed by atoms with Crippen molar-refractivity contribution in [1.29, 1.82) is 0 Å². The van der Waals surface area contributed by atoms with Crippen molar-refractivity contribution in [2.24, 2.45) is 5.92 Å². The molecule has 2 aliphatic rings. The van der Waals surface area contributed by atoms with Crippen molar-refractivity contribution in [2.75, 3.05) is 34.7 Å². The molecule has 2 heterocycles. The van der Waals surface area contributed by atoms with Gasteiger partial charge in [-0.2, -0.15) is 0 Å². The molecule has 31 heavy (non-hydrogen) atoms. The van der Waals surface area contributed by atoms with Crippen molar-refractivity contribution in [1.82, 2.24) is 0 Å². The molecule has 0 amide bonds. The van der Waals surface area contributed by atoms with Crippen molar-refractivity contribution in [3.8, 4) is 34.5 Å². The van der Waals surface area contributed by atoms with Crippen LogP contribution in [0.5, 0.6) is 34.5 Å². The Labute approximate surface area is 183 Å². The van der Waals surface area contributed by atoms with Crippen molar-refractivity contribution in [3.05, 3.63) is 35.4 Å². The summed E-state index contributed by atoms with van der Waals surface area (Å²) in [5, 5.41) is 0. The van der Waals surface area contributed by atoms with Crippen LogP contribution in [-0.2, 0) is 4.74 Å². The SMILES string of the molecule is CCCO[C@@]1(C)Oc2cc3c(cc2[C@@H](c2cc(OC)c(OC)c(OC)c2)[C@@H]1C)OCO3. The zero-order valence-corrected chi connectivity index (χ0v) is 18.9. The summed E-state index contributed by atoms with van der Waals surface area (Å²) in [5.41, 5.74) is 2.01. The van der Waals surface area contributed by atoms with Gasteiger partial charge in [0, 0.05) is 30.4 Å². The molecule has 0 fully saturated rings. The minimum atomic E-state index is -0.818. The highest BCUT2D eigenvalue weighted by atomic mass is 16.7. The molecule has 2 aliphatic heterocycles. The third-order valence-electron chi connectivity index (χ3n) is 6.12. The number of rotatable bonds is 7. The Morgan fingerprint density at radius 2 is 1.58 bits per heavy atom. The summed E-state index contributed by atoms with van der Waals surface area (Å²) >= 11 is 0. The summed E-state index contributed by atoms with van der Waals surface area (Å²) in [6.45, 7) is 7.01. The maximum absolute atomic E-state index is 6.42. The Morgan fingerprint density at radius 3 is 2.16 bits per heavy atom. The van der Waals surface area contributed by atoms with Crippen molar-refractivity contribution < 1.29 is 33.2 Å².